The fraction of sp³-hybridized carbons (Fsp3) is 0.300. The van der Waals surface area contributed by atoms with Crippen molar-refractivity contribution in [3.05, 3.63) is 125 Å². The van der Waals surface area contributed by atoms with Gasteiger partial charge in [-0.25, -0.2) is 0 Å². The fourth-order valence-electron chi connectivity index (χ4n) is 5.25. The molecule has 0 spiro atoms. The van der Waals surface area contributed by atoms with Gasteiger partial charge >= 0.3 is 0 Å². The van der Waals surface area contributed by atoms with Crippen molar-refractivity contribution in [1.29, 1.82) is 0 Å². The summed E-state index contributed by atoms with van der Waals surface area (Å²) in [5, 5.41) is 4.88. The van der Waals surface area contributed by atoms with Gasteiger partial charge in [-0.15, -0.1) is 0 Å². The molecule has 1 fully saturated rings. The van der Waals surface area contributed by atoms with E-state index >= 15 is 0 Å². The Kier molecular flexibility index (Phi) is 6.15. The first-order chi connectivity index (χ1) is 16.1. The molecule has 2 heterocycles. The number of rotatable bonds is 6. The quantitative estimate of drug-likeness (QED) is 0.363. The summed E-state index contributed by atoms with van der Waals surface area (Å²) in [4.78, 5) is 2.56. The van der Waals surface area contributed by atoms with Crippen LogP contribution in [0.15, 0.2) is 91.1 Å². The van der Waals surface area contributed by atoms with Crippen molar-refractivity contribution in [2.24, 2.45) is 0 Å². The summed E-state index contributed by atoms with van der Waals surface area (Å²) in [5.41, 5.74) is 8.12. The summed E-state index contributed by atoms with van der Waals surface area (Å²) in [7, 11) is 0. The van der Waals surface area contributed by atoms with Gasteiger partial charge in [-0.1, -0.05) is 78.9 Å². The van der Waals surface area contributed by atoms with E-state index in [9.17, 15) is 0 Å². The van der Waals surface area contributed by atoms with Crippen LogP contribution in [-0.4, -0.2) is 27.8 Å². The van der Waals surface area contributed by atoms with Crippen LogP contribution in [0.4, 0.5) is 0 Å². The van der Waals surface area contributed by atoms with Crippen molar-refractivity contribution in [1.82, 2.24) is 14.7 Å². The number of likely N-dealkylation sites (tertiary alicyclic amines) is 1. The maximum Gasteiger partial charge on any atom is 0.0764 e. The second-order valence-electron chi connectivity index (χ2n) is 9.51. The van der Waals surface area contributed by atoms with Crippen LogP contribution in [0.1, 0.15) is 46.4 Å². The lowest BCUT2D eigenvalue weighted by Gasteiger charge is -2.42. The van der Waals surface area contributed by atoms with Crippen LogP contribution in [0.5, 0.6) is 0 Å². The van der Waals surface area contributed by atoms with E-state index in [1.165, 1.54) is 27.8 Å². The molecule has 1 aromatic heterocycles. The molecule has 3 aromatic carbocycles. The molecule has 1 aliphatic heterocycles. The SMILES string of the molecule is Cc1ccc(Cn2ccc(CN3CCC(c4ccccc4)(c4ccccc4)CC3)n2)cc1C. The molecular formula is C30H33N3. The molecule has 1 saturated heterocycles. The largest absolute Gasteiger partial charge is 0.297 e. The number of benzene rings is 3. The molecule has 3 heteroatoms. The maximum atomic E-state index is 4.88. The van der Waals surface area contributed by atoms with Gasteiger partial charge < -0.3 is 0 Å². The standard InChI is InChI=1S/C30H33N3/c1-24-13-14-26(21-25(24)2)22-33-18-15-29(31-33)23-32-19-16-30(17-20-32,27-9-5-3-6-10-27)28-11-7-4-8-12-28/h3-15,18,21H,16-17,19-20,22-23H2,1-2H3. The zero-order valence-electron chi connectivity index (χ0n) is 19.7. The van der Waals surface area contributed by atoms with E-state index in [-0.39, 0.29) is 5.41 Å². The van der Waals surface area contributed by atoms with Crippen LogP contribution in [0.25, 0.3) is 0 Å². The summed E-state index contributed by atoms with van der Waals surface area (Å²) in [6.45, 7) is 8.23. The maximum absolute atomic E-state index is 4.88. The predicted octanol–water partition coefficient (Wildman–Crippen LogP) is 6.13. The zero-order valence-corrected chi connectivity index (χ0v) is 19.7. The lowest BCUT2D eigenvalue weighted by atomic mass is 9.68. The van der Waals surface area contributed by atoms with Gasteiger partial charge in [0.05, 0.1) is 12.2 Å². The van der Waals surface area contributed by atoms with Crippen LogP contribution in [0, 0.1) is 13.8 Å². The molecule has 0 bridgehead atoms. The third kappa shape index (κ3) is 4.65. The van der Waals surface area contributed by atoms with E-state index in [0.717, 1.165) is 44.7 Å². The van der Waals surface area contributed by atoms with Gasteiger partial charge in [0.15, 0.2) is 0 Å². The summed E-state index contributed by atoms with van der Waals surface area (Å²) in [6, 6.07) is 31.0. The Balaban J connectivity index is 1.27. The third-order valence-corrected chi connectivity index (χ3v) is 7.36. The highest BCUT2D eigenvalue weighted by Crippen LogP contribution is 2.41. The highest BCUT2D eigenvalue weighted by Gasteiger charge is 2.37. The van der Waals surface area contributed by atoms with Crippen LogP contribution in [-0.2, 0) is 18.5 Å². The first-order valence-corrected chi connectivity index (χ1v) is 12.0. The molecule has 0 atom stereocenters. The fourth-order valence-corrected chi connectivity index (χ4v) is 5.25. The average molecular weight is 436 g/mol. The molecule has 0 N–H and O–H groups in total. The number of hydrogen-bond donors (Lipinski definition) is 0. The normalized spacial score (nSPS) is 16.1. The minimum Gasteiger partial charge on any atom is -0.297 e. The number of aryl methyl sites for hydroxylation is 2. The molecule has 0 aliphatic carbocycles. The van der Waals surface area contributed by atoms with Crippen LogP contribution in [0.3, 0.4) is 0 Å². The van der Waals surface area contributed by atoms with E-state index in [1.54, 1.807) is 0 Å². The van der Waals surface area contributed by atoms with Gasteiger partial charge in [0, 0.05) is 18.2 Å². The van der Waals surface area contributed by atoms with E-state index in [4.69, 9.17) is 5.10 Å². The van der Waals surface area contributed by atoms with E-state index in [0.29, 0.717) is 0 Å². The molecule has 4 aromatic rings. The van der Waals surface area contributed by atoms with Gasteiger partial charge in [-0.05, 0) is 73.7 Å². The summed E-state index contributed by atoms with van der Waals surface area (Å²) in [6.07, 6.45) is 4.38. The predicted molar refractivity (Wildman–Crippen MR) is 135 cm³/mol. The first kappa shape index (κ1) is 21.7. The summed E-state index contributed by atoms with van der Waals surface area (Å²) < 4.78 is 2.07. The minimum atomic E-state index is 0.0989. The molecular weight excluding hydrogens is 402 g/mol. The zero-order chi connectivity index (χ0) is 22.7. The molecule has 33 heavy (non-hydrogen) atoms. The molecule has 0 amide bonds. The van der Waals surface area contributed by atoms with E-state index in [1.807, 2.05) is 0 Å². The average Bonchev–Trinajstić information content (AvgIpc) is 3.30. The Morgan fingerprint density at radius 2 is 1.36 bits per heavy atom. The van der Waals surface area contributed by atoms with Crippen molar-refractivity contribution < 1.29 is 0 Å². The van der Waals surface area contributed by atoms with Crippen molar-refractivity contribution in [2.45, 2.75) is 45.2 Å². The molecule has 168 valence electrons. The first-order valence-electron chi connectivity index (χ1n) is 12.0. The lowest BCUT2D eigenvalue weighted by molar-refractivity contribution is 0.170. The lowest BCUT2D eigenvalue weighted by Crippen LogP contribution is -2.43. The summed E-state index contributed by atoms with van der Waals surface area (Å²) >= 11 is 0. The Morgan fingerprint density at radius 3 is 1.97 bits per heavy atom. The van der Waals surface area contributed by atoms with Gasteiger partial charge in [-0.2, -0.15) is 5.10 Å². The van der Waals surface area contributed by atoms with Crippen molar-refractivity contribution in [3.8, 4) is 0 Å². The highest BCUT2D eigenvalue weighted by atomic mass is 15.3. The molecule has 5 rings (SSSR count). The Hall–Kier alpha value is -3.17. The van der Waals surface area contributed by atoms with E-state index in [2.05, 4.69) is 115 Å². The number of aromatic nitrogens is 2. The van der Waals surface area contributed by atoms with Gasteiger partial charge in [0.2, 0.25) is 0 Å². The third-order valence-electron chi connectivity index (χ3n) is 7.36. The topological polar surface area (TPSA) is 21.1 Å². The van der Waals surface area contributed by atoms with E-state index < -0.39 is 0 Å². The van der Waals surface area contributed by atoms with Crippen molar-refractivity contribution in [2.75, 3.05) is 13.1 Å². The Labute approximate surface area is 197 Å². The summed E-state index contributed by atoms with van der Waals surface area (Å²) in [5.74, 6) is 0. The molecule has 3 nitrogen and oxygen atoms in total. The number of nitrogens with zero attached hydrogens (tertiary/aromatic N) is 3. The molecule has 0 unspecified atom stereocenters. The van der Waals surface area contributed by atoms with Gasteiger partial charge in [-0.3, -0.25) is 9.58 Å². The Morgan fingerprint density at radius 1 is 0.727 bits per heavy atom. The smallest absolute Gasteiger partial charge is 0.0764 e. The van der Waals surface area contributed by atoms with Crippen molar-refractivity contribution in [3.63, 3.8) is 0 Å². The minimum absolute atomic E-state index is 0.0989. The monoisotopic (exact) mass is 435 g/mol. The van der Waals surface area contributed by atoms with Crippen LogP contribution < -0.4 is 0 Å². The Bertz CT molecular complexity index is 1140. The van der Waals surface area contributed by atoms with Crippen LogP contribution in [0.2, 0.25) is 0 Å². The molecule has 1 aliphatic rings. The van der Waals surface area contributed by atoms with Crippen molar-refractivity contribution >= 4 is 0 Å². The molecule has 0 radical (unpaired) electrons. The second-order valence-corrected chi connectivity index (χ2v) is 9.51. The van der Waals surface area contributed by atoms with Gasteiger partial charge in [0.1, 0.15) is 0 Å². The number of piperidine rings is 1. The second kappa shape index (κ2) is 9.36. The molecule has 0 saturated carbocycles. The van der Waals surface area contributed by atoms with Crippen LogP contribution >= 0.6 is 0 Å². The van der Waals surface area contributed by atoms with Gasteiger partial charge in [0.25, 0.3) is 0 Å². The highest BCUT2D eigenvalue weighted by molar-refractivity contribution is 5.40. The number of hydrogen-bond acceptors (Lipinski definition) is 2.